The van der Waals surface area contributed by atoms with Crippen LogP contribution in [0.1, 0.15) is 45.5 Å². The third-order valence-corrected chi connectivity index (χ3v) is 5.82. The number of carbonyl (C=O) groups excluding carboxylic acids is 2. The van der Waals surface area contributed by atoms with Gasteiger partial charge in [0, 0.05) is 43.4 Å². The molecule has 2 N–H and O–H groups in total. The maximum absolute atomic E-state index is 13.2. The van der Waals surface area contributed by atoms with Crippen LogP contribution in [0.4, 0.5) is 11.4 Å². The van der Waals surface area contributed by atoms with E-state index in [4.69, 9.17) is 11.6 Å². The molecule has 1 aromatic heterocycles. The Kier molecular flexibility index (Phi) is 7.02. The second-order valence-corrected chi connectivity index (χ2v) is 8.16. The normalized spacial score (nSPS) is 13.5. The van der Waals surface area contributed by atoms with E-state index in [2.05, 4.69) is 20.5 Å². The van der Waals surface area contributed by atoms with Crippen LogP contribution < -0.4 is 15.5 Å². The first-order valence-corrected chi connectivity index (χ1v) is 11.1. The van der Waals surface area contributed by atoms with Crippen LogP contribution in [0.5, 0.6) is 0 Å². The van der Waals surface area contributed by atoms with Gasteiger partial charge in [-0.3, -0.25) is 14.6 Å². The number of halogens is 1. The zero-order valence-electron chi connectivity index (χ0n) is 17.7. The summed E-state index contributed by atoms with van der Waals surface area (Å²) < 4.78 is 0. The minimum absolute atomic E-state index is 0.191. The van der Waals surface area contributed by atoms with E-state index in [0.29, 0.717) is 28.4 Å². The highest BCUT2D eigenvalue weighted by Crippen LogP contribution is 2.28. The molecule has 32 heavy (non-hydrogen) atoms. The largest absolute Gasteiger partial charge is 0.371 e. The number of aromatic nitrogens is 1. The smallest absolute Gasteiger partial charge is 0.257 e. The van der Waals surface area contributed by atoms with E-state index in [9.17, 15) is 9.59 Å². The van der Waals surface area contributed by atoms with Crippen molar-refractivity contribution >= 4 is 34.8 Å². The summed E-state index contributed by atoms with van der Waals surface area (Å²) in [6, 6.07) is 16.1. The van der Waals surface area contributed by atoms with Crippen LogP contribution >= 0.6 is 11.6 Å². The van der Waals surface area contributed by atoms with Gasteiger partial charge in [0.1, 0.15) is 0 Å². The molecule has 6 nitrogen and oxygen atoms in total. The lowest BCUT2D eigenvalue weighted by Crippen LogP contribution is -2.32. The summed E-state index contributed by atoms with van der Waals surface area (Å²) in [5.41, 5.74) is 3.26. The van der Waals surface area contributed by atoms with E-state index >= 15 is 0 Å². The van der Waals surface area contributed by atoms with E-state index in [0.717, 1.165) is 37.2 Å². The number of benzene rings is 2. The Hall–Kier alpha value is -3.38. The monoisotopic (exact) mass is 448 g/mol. The molecule has 0 radical (unpaired) electrons. The predicted octanol–water partition coefficient (Wildman–Crippen LogP) is 4.91. The van der Waals surface area contributed by atoms with E-state index in [-0.39, 0.29) is 11.8 Å². The Balaban J connectivity index is 1.58. The predicted molar refractivity (Wildman–Crippen MR) is 127 cm³/mol. The average Bonchev–Trinajstić information content (AvgIpc) is 2.84. The molecule has 1 saturated heterocycles. The first-order valence-electron chi connectivity index (χ1n) is 10.7. The van der Waals surface area contributed by atoms with Crippen molar-refractivity contribution in [2.24, 2.45) is 0 Å². The molecule has 1 aliphatic rings. The van der Waals surface area contributed by atoms with Crippen molar-refractivity contribution < 1.29 is 9.59 Å². The molecule has 0 aliphatic carbocycles. The van der Waals surface area contributed by atoms with Crippen molar-refractivity contribution in [2.45, 2.75) is 25.8 Å². The molecule has 2 aromatic carbocycles. The van der Waals surface area contributed by atoms with Gasteiger partial charge < -0.3 is 15.5 Å². The number of hydrogen-bond acceptors (Lipinski definition) is 4. The Morgan fingerprint density at radius 3 is 2.50 bits per heavy atom. The van der Waals surface area contributed by atoms with Gasteiger partial charge in [0.15, 0.2) is 0 Å². The summed E-state index contributed by atoms with van der Waals surface area (Å²) in [5, 5.41) is 6.22. The number of nitrogens with zero attached hydrogens (tertiary/aromatic N) is 2. The molecular weight excluding hydrogens is 424 g/mol. The van der Waals surface area contributed by atoms with Crippen molar-refractivity contribution in [1.82, 2.24) is 10.3 Å². The van der Waals surface area contributed by atoms with E-state index in [1.54, 1.807) is 42.7 Å². The summed E-state index contributed by atoms with van der Waals surface area (Å²) in [4.78, 5) is 32.2. The molecule has 7 heteroatoms. The van der Waals surface area contributed by atoms with Gasteiger partial charge in [0.05, 0.1) is 16.1 Å². The molecular formula is C25H25ClN4O2. The SMILES string of the molecule is O=C(Nc1ccc(N2CCCCC2)c(C(=O)NCc2cccnc2)c1)c1ccccc1Cl. The Bertz CT molecular complexity index is 1100. The zero-order chi connectivity index (χ0) is 22.3. The van der Waals surface area contributed by atoms with Crippen molar-refractivity contribution in [3.8, 4) is 0 Å². The topological polar surface area (TPSA) is 74.3 Å². The fraction of sp³-hybridized carbons (Fsp3) is 0.240. The van der Waals surface area contributed by atoms with Crippen LogP contribution in [0.3, 0.4) is 0 Å². The van der Waals surface area contributed by atoms with Crippen LogP contribution in [0, 0.1) is 0 Å². The molecule has 1 aliphatic heterocycles. The molecule has 0 unspecified atom stereocenters. The maximum atomic E-state index is 13.2. The third kappa shape index (κ3) is 5.26. The van der Waals surface area contributed by atoms with Crippen LogP contribution in [0.2, 0.25) is 5.02 Å². The van der Waals surface area contributed by atoms with Gasteiger partial charge in [-0.2, -0.15) is 0 Å². The zero-order valence-corrected chi connectivity index (χ0v) is 18.4. The number of rotatable bonds is 6. The fourth-order valence-electron chi connectivity index (χ4n) is 3.83. The molecule has 2 heterocycles. The number of nitrogens with one attached hydrogen (secondary N) is 2. The molecule has 0 spiro atoms. The first-order chi connectivity index (χ1) is 15.6. The molecule has 0 bridgehead atoms. The minimum Gasteiger partial charge on any atom is -0.371 e. The molecule has 0 saturated carbocycles. The van der Waals surface area contributed by atoms with E-state index < -0.39 is 0 Å². The number of amides is 2. The van der Waals surface area contributed by atoms with Gasteiger partial charge in [-0.1, -0.05) is 29.8 Å². The van der Waals surface area contributed by atoms with Crippen molar-refractivity contribution in [1.29, 1.82) is 0 Å². The second kappa shape index (κ2) is 10.3. The van der Waals surface area contributed by atoms with Crippen LogP contribution in [0.15, 0.2) is 67.0 Å². The van der Waals surface area contributed by atoms with Gasteiger partial charge in [-0.25, -0.2) is 0 Å². The lowest BCUT2D eigenvalue weighted by molar-refractivity contribution is 0.0950. The highest BCUT2D eigenvalue weighted by molar-refractivity contribution is 6.34. The summed E-state index contributed by atoms with van der Waals surface area (Å²) >= 11 is 6.16. The molecule has 3 aromatic rings. The van der Waals surface area contributed by atoms with Crippen LogP contribution in [-0.4, -0.2) is 29.9 Å². The summed E-state index contributed by atoms with van der Waals surface area (Å²) in [7, 11) is 0. The Morgan fingerprint density at radius 2 is 1.75 bits per heavy atom. The maximum Gasteiger partial charge on any atom is 0.257 e. The van der Waals surface area contributed by atoms with Crippen molar-refractivity contribution in [3.63, 3.8) is 0 Å². The number of hydrogen-bond donors (Lipinski definition) is 2. The average molecular weight is 449 g/mol. The first kappa shape index (κ1) is 21.8. The van der Waals surface area contributed by atoms with Crippen molar-refractivity contribution in [2.75, 3.05) is 23.3 Å². The van der Waals surface area contributed by atoms with Gasteiger partial charge in [-0.05, 0) is 61.2 Å². The Morgan fingerprint density at radius 1 is 0.938 bits per heavy atom. The molecule has 2 amide bonds. The van der Waals surface area contributed by atoms with Gasteiger partial charge in [-0.15, -0.1) is 0 Å². The summed E-state index contributed by atoms with van der Waals surface area (Å²) in [6.45, 7) is 2.20. The van der Waals surface area contributed by atoms with E-state index in [1.807, 2.05) is 24.3 Å². The molecule has 1 fully saturated rings. The highest BCUT2D eigenvalue weighted by Gasteiger charge is 2.20. The lowest BCUT2D eigenvalue weighted by atomic mass is 10.1. The number of piperidine rings is 1. The third-order valence-electron chi connectivity index (χ3n) is 5.49. The van der Waals surface area contributed by atoms with Crippen LogP contribution in [-0.2, 0) is 6.54 Å². The number of pyridine rings is 1. The standard InChI is InChI=1S/C25H25ClN4O2/c26-22-9-3-2-8-20(22)25(32)29-19-10-11-23(30-13-4-1-5-14-30)21(15-19)24(31)28-17-18-7-6-12-27-16-18/h2-3,6-12,15-16H,1,4-5,13-14,17H2,(H,28,31)(H,29,32). The van der Waals surface area contributed by atoms with Gasteiger partial charge >= 0.3 is 0 Å². The quantitative estimate of drug-likeness (QED) is 0.562. The summed E-state index contributed by atoms with van der Waals surface area (Å²) in [6.07, 6.45) is 6.82. The second-order valence-electron chi connectivity index (χ2n) is 7.76. The summed E-state index contributed by atoms with van der Waals surface area (Å²) in [5.74, 6) is -0.508. The van der Waals surface area contributed by atoms with Crippen molar-refractivity contribution in [3.05, 3.63) is 88.7 Å². The number of carbonyl (C=O) groups is 2. The molecule has 164 valence electrons. The molecule has 0 atom stereocenters. The lowest BCUT2D eigenvalue weighted by Gasteiger charge is -2.30. The molecule has 4 rings (SSSR count). The Labute approximate surface area is 192 Å². The minimum atomic E-state index is -0.317. The highest BCUT2D eigenvalue weighted by atomic mass is 35.5. The van der Waals surface area contributed by atoms with Gasteiger partial charge in [0.2, 0.25) is 0 Å². The fourth-order valence-corrected chi connectivity index (χ4v) is 4.05. The number of anilines is 2. The van der Waals surface area contributed by atoms with E-state index in [1.165, 1.54) is 6.42 Å². The van der Waals surface area contributed by atoms with Gasteiger partial charge in [0.25, 0.3) is 11.8 Å². The van der Waals surface area contributed by atoms with Crippen LogP contribution in [0.25, 0.3) is 0 Å².